The molecular formula is C19H25BClN3O3. The van der Waals surface area contributed by atoms with E-state index in [1.807, 2.05) is 23.1 Å². The molecule has 1 fully saturated rings. The first kappa shape index (κ1) is 20.3. The molecule has 2 aliphatic heterocycles. The first-order valence-electron chi connectivity index (χ1n) is 9.25. The predicted molar refractivity (Wildman–Crippen MR) is 105 cm³/mol. The van der Waals surface area contributed by atoms with Crippen LogP contribution in [0.4, 0.5) is 0 Å². The number of rotatable bonds is 7. The molecule has 0 aliphatic carbocycles. The van der Waals surface area contributed by atoms with Gasteiger partial charge in [-0.05, 0) is 36.1 Å². The molecule has 0 saturated carbocycles. The molecule has 3 atom stereocenters. The summed E-state index contributed by atoms with van der Waals surface area (Å²) in [6, 6.07) is 5.69. The number of likely N-dealkylation sites (tertiary alicyclic amines) is 1. The fourth-order valence-corrected chi connectivity index (χ4v) is 4.55. The van der Waals surface area contributed by atoms with E-state index in [4.69, 9.17) is 25.2 Å². The average molecular weight is 390 g/mol. The molecule has 6 nitrogen and oxygen atoms in total. The summed E-state index contributed by atoms with van der Waals surface area (Å²) in [5, 5.41) is 13.7. The van der Waals surface area contributed by atoms with Crippen LogP contribution in [0, 0.1) is 5.92 Å². The lowest BCUT2D eigenvalue weighted by atomic mass is 9.83. The second-order valence-corrected chi connectivity index (χ2v) is 8.30. The van der Waals surface area contributed by atoms with Crippen LogP contribution < -0.4 is 11.1 Å². The average Bonchev–Trinajstić information content (AvgIpc) is 2.96. The van der Waals surface area contributed by atoms with Gasteiger partial charge in [-0.1, -0.05) is 30.4 Å². The molecule has 27 heavy (non-hydrogen) atoms. The lowest BCUT2D eigenvalue weighted by molar-refractivity contribution is -0.144. The highest BCUT2D eigenvalue weighted by atomic mass is 35.5. The number of carbonyl (C=O) groups excluding carboxylic acids is 1. The van der Waals surface area contributed by atoms with Crippen molar-refractivity contribution in [3.63, 3.8) is 0 Å². The zero-order chi connectivity index (χ0) is 19.7. The van der Waals surface area contributed by atoms with Crippen LogP contribution >= 0.6 is 11.6 Å². The summed E-state index contributed by atoms with van der Waals surface area (Å²) in [6.45, 7) is 1.74. The van der Waals surface area contributed by atoms with Gasteiger partial charge in [0.1, 0.15) is 11.8 Å². The molecule has 1 aromatic carbocycles. The number of carboxylic acid groups (broad SMARTS) is 1. The van der Waals surface area contributed by atoms with Crippen LogP contribution in [0.25, 0.3) is 0 Å². The summed E-state index contributed by atoms with van der Waals surface area (Å²) in [7, 11) is 5.59. The van der Waals surface area contributed by atoms with E-state index in [9.17, 15) is 14.7 Å². The zero-order valence-corrected chi connectivity index (χ0v) is 16.0. The first-order valence-corrected chi connectivity index (χ1v) is 9.63. The Balaban J connectivity index is 1.76. The van der Waals surface area contributed by atoms with E-state index in [-0.39, 0.29) is 12.5 Å². The van der Waals surface area contributed by atoms with Crippen molar-refractivity contribution in [3.05, 3.63) is 34.3 Å². The Kier molecular flexibility index (Phi) is 5.96. The fourth-order valence-electron chi connectivity index (χ4n) is 4.35. The number of carbonyl (C=O) groups is 2. The molecule has 0 spiro atoms. The number of benzene rings is 1. The second kappa shape index (κ2) is 7.91. The number of hydrogen-bond acceptors (Lipinski definition) is 5. The van der Waals surface area contributed by atoms with Crippen LogP contribution in [0.3, 0.4) is 0 Å². The molecule has 144 valence electrons. The standard InChI is InChI=1S/C19H25BClN3O3/c20-5-1-2-15-9-24(11-19(15,22)17(26)27)10-18(12-25)7-13-3-4-16(21)6-14(13)8-23-18/h3-4,6,12,15,23H,1-2,5,7-11,22H2,(H,26,27). The van der Waals surface area contributed by atoms with Crippen LogP contribution in [0.1, 0.15) is 24.0 Å². The zero-order valence-electron chi connectivity index (χ0n) is 15.3. The van der Waals surface area contributed by atoms with Crippen molar-refractivity contribution in [3.8, 4) is 0 Å². The third-order valence-corrected chi connectivity index (χ3v) is 6.12. The SMILES string of the molecule is [B]CCCC1CN(CC2(C=O)Cc3ccc(Cl)cc3CN2)CC1(N)C(=O)O. The van der Waals surface area contributed by atoms with Gasteiger partial charge in [0.15, 0.2) is 0 Å². The third-order valence-electron chi connectivity index (χ3n) is 5.88. The molecule has 4 N–H and O–H groups in total. The molecule has 3 rings (SSSR count). The van der Waals surface area contributed by atoms with Crippen molar-refractivity contribution in [2.75, 3.05) is 19.6 Å². The van der Waals surface area contributed by atoms with Crippen LogP contribution in [-0.4, -0.2) is 60.8 Å². The largest absolute Gasteiger partial charge is 0.480 e. The Labute approximate surface area is 165 Å². The van der Waals surface area contributed by atoms with E-state index in [1.165, 1.54) is 0 Å². The van der Waals surface area contributed by atoms with Gasteiger partial charge in [0.25, 0.3) is 0 Å². The topological polar surface area (TPSA) is 95.7 Å². The van der Waals surface area contributed by atoms with Crippen molar-refractivity contribution in [2.24, 2.45) is 11.7 Å². The lowest BCUT2D eigenvalue weighted by Gasteiger charge is -2.38. The highest BCUT2D eigenvalue weighted by Crippen LogP contribution is 2.33. The summed E-state index contributed by atoms with van der Waals surface area (Å²) in [5.41, 5.74) is 6.36. The minimum atomic E-state index is -1.31. The molecular weight excluding hydrogens is 364 g/mol. The molecule has 8 heteroatoms. The van der Waals surface area contributed by atoms with Crippen molar-refractivity contribution in [1.29, 1.82) is 0 Å². The molecule has 2 heterocycles. The van der Waals surface area contributed by atoms with Crippen LogP contribution in [-0.2, 0) is 22.6 Å². The van der Waals surface area contributed by atoms with Gasteiger partial charge in [-0.3, -0.25) is 15.0 Å². The molecule has 2 radical (unpaired) electrons. The van der Waals surface area contributed by atoms with E-state index in [0.717, 1.165) is 23.8 Å². The number of fused-ring (bicyclic) bond motifs is 1. The minimum absolute atomic E-state index is 0.183. The minimum Gasteiger partial charge on any atom is -0.480 e. The summed E-state index contributed by atoms with van der Waals surface area (Å²) in [6.07, 6.45) is 3.38. The number of nitrogens with two attached hydrogens (primary N) is 1. The van der Waals surface area contributed by atoms with Crippen molar-refractivity contribution in [1.82, 2.24) is 10.2 Å². The third kappa shape index (κ3) is 4.06. The van der Waals surface area contributed by atoms with E-state index in [0.29, 0.717) is 43.8 Å². The fraction of sp³-hybridized carbons (Fsp3) is 0.579. The summed E-state index contributed by atoms with van der Waals surface area (Å²) < 4.78 is 0. The van der Waals surface area contributed by atoms with Gasteiger partial charge < -0.3 is 15.6 Å². The van der Waals surface area contributed by atoms with E-state index in [2.05, 4.69) is 5.32 Å². The van der Waals surface area contributed by atoms with Gasteiger partial charge in [0.2, 0.25) is 0 Å². The number of aliphatic carboxylic acids is 1. The monoisotopic (exact) mass is 389 g/mol. The van der Waals surface area contributed by atoms with E-state index >= 15 is 0 Å². The van der Waals surface area contributed by atoms with Gasteiger partial charge in [-0.15, -0.1) is 0 Å². The maximum atomic E-state index is 12.0. The molecule has 2 aliphatic rings. The van der Waals surface area contributed by atoms with Gasteiger partial charge in [-0.2, -0.15) is 0 Å². The molecule has 0 amide bonds. The van der Waals surface area contributed by atoms with Crippen molar-refractivity contribution in [2.45, 2.75) is 43.2 Å². The van der Waals surface area contributed by atoms with Gasteiger partial charge in [-0.25, -0.2) is 0 Å². The Morgan fingerprint density at radius 2 is 2.26 bits per heavy atom. The number of aldehydes is 1. The maximum Gasteiger partial charge on any atom is 0.325 e. The predicted octanol–water partition coefficient (Wildman–Crippen LogP) is 1.00. The maximum absolute atomic E-state index is 12.0. The number of nitrogens with zero attached hydrogens (tertiary/aromatic N) is 1. The van der Waals surface area contributed by atoms with Crippen molar-refractivity contribution >= 4 is 31.7 Å². The Bertz CT molecular complexity index is 734. The number of hydrogen-bond donors (Lipinski definition) is 3. The summed E-state index contributed by atoms with van der Waals surface area (Å²) >= 11 is 6.05. The van der Waals surface area contributed by atoms with Gasteiger partial charge >= 0.3 is 5.97 Å². The van der Waals surface area contributed by atoms with E-state index < -0.39 is 17.0 Å². The highest BCUT2D eigenvalue weighted by Gasteiger charge is 2.50. The molecule has 1 saturated heterocycles. The first-order chi connectivity index (χ1) is 12.8. The Morgan fingerprint density at radius 3 is 2.93 bits per heavy atom. The number of nitrogens with one attached hydrogen (secondary N) is 1. The Hall–Kier alpha value is -1.41. The van der Waals surface area contributed by atoms with Gasteiger partial charge in [0, 0.05) is 37.1 Å². The second-order valence-electron chi connectivity index (χ2n) is 7.86. The lowest BCUT2D eigenvalue weighted by Crippen LogP contribution is -2.59. The van der Waals surface area contributed by atoms with E-state index in [1.54, 1.807) is 0 Å². The Morgan fingerprint density at radius 1 is 1.48 bits per heavy atom. The summed E-state index contributed by atoms with van der Waals surface area (Å²) in [4.78, 5) is 25.8. The molecule has 0 bridgehead atoms. The highest BCUT2D eigenvalue weighted by molar-refractivity contribution is 6.30. The van der Waals surface area contributed by atoms with Crippen LogP contribution in [0.15, 0.2) is 18.2 Å². The molecule has 3 unspecified atom stereocenters. The van der Waals surface area contributed by atoms with Gasteiger partial charge in [0.05, 0.1) is 13.4 Å². The molecule has 0 aromatic heterocycles. The summed E-state index contributed by atoms with van der Waals surface area (Å²) in [5.74, 6) is -1.18. The van der Waals surface area contributed by atoms with Crippen LogP contribution in [0.5, 0.6) is 0 Å². The van der Waals surface area contributed by atoms with Crippen LogP contribution in [0.2, 0.25) is 11.3 Å². The smallest absolute Gasteiger partial charge is 0.325 e. The van der Waals surface area contributed by atoms with Crippen molar-refractivity contribution < 1.29 is 14.7 Å². The molecule has 1 aromatic rings. The normalized spacial score (nSPS) is 30.8. The number of carboxylic acids is 1. The number of halogens is 1. The quantitative estimate of drug-likeness (QED) is 0.476.